The Morgan fingerprint density at radius 1 is 1.20 bits per heavy atom. The number of halogens is 1. The Morgan fingerprint density at radius 2 is 1.97 bits per heavy atom. The highest BCUT2D eigenvalue weighted by molar-refractivity contribution is 9.10. The lowest BCUT2D eigenvalue weighted by Gasteiger charge is -2.31. The van der Waals surface area contributed by atoms with Crippen LogP contribution in [0.2, 0.25) is 0 Å². The van der Waals surface area contributed by atoms with E-state index in [2.05, 4.69) is 36.4 Å². The average molecular weight is 473 g/mol. The van der Waals surface area contributed by atoms with Gasteiger partial charge < -0.3 is 10.6 Å². The van der Waals surface area contributed by atoms with Gasteiger partial charge in [-0.1, -0.05) is 35.0 Å². The van der Waals surface area contributed by atoms with Crippen molar-refractivity contribution in [1.82, 2.24) is 20.5 Å². The molecule has 0 saturated carbocycles. The van der Waals surface area contributed by atoms with E-state index in [9.17, 15) is 9.59 Å². The van der Waals surface area contributed by atoms with Crippen LogP contribution in [0.1, 0.15) is 42.2 Å². The number of likely N-dealkylation sites (tertiary alicyclic amines) is 1. The highest BCUT2D eigenvalue weighted by atomic mass is 79.9. The van der Waals surface area contributed by atoms with Crippen LogP contribution < -0.4 is 10.6 Å². The number of aromatic nitrogens is 1. The Kier molecular flexibility index (Phi) is 7.99. The van der Waals surface area contributed by atoms with Crippen LogP contribution in [0, 0.1) is 6.92 Å². The molecule has 1 aromatic heterocycles. The second kappa shape index (κ2) is 10.7. The van der Waals surface area contributed by atoms with Crippen molar-refractivity contribution in [2.45, 2.75) is 39.2 Å². The Morgan fingerprint density at radius 3 is 2.63 bits per heavy atom. The maximum Gasteiger partial charge on any atom is 0.253 e. The van der Waals surface area contributed by atoms with E-state index in [1.54, 1.807) is 0 Å². The van der Waals surface area contributed by atoms with Crippen LogP contribution in [0.25, 0.3) is 11.3 Å². The second-order valence-corrected chi connectivity index (χ2v) is 8.63. The topological polar surface area (TPSA) is 74.3 Å². The summed E-state index contributed by atoms with van der Waals surface area (Å²) in [6.45, 7) is 6.68. The number of carbonyl (C=O) groups excluding carboxylic acids is 2. The summed E-state index contributed by atoms with van der Waals surface area (Å²) in [6, 6.07) is 11.8. The molecule has 0 bridgehead atoms. The summed E-state index contributed by atoms with van der Waals surface area (Å²) >= 11 is 3.48. The minimum absolute atomic E-state index is 0.0755. The SMILES string of the molecule is CCCNC(=O)CN1CCC(NC(=O)c2ccc(-c3cccc(Br)c3)nc2C)CC1. The van der Waals surface area contributed by atoms with Gasteiger partial charge in [0.25, 0.3) is 5.91 Å². The third-order valence-electron chi connectivity index (χ3n) is 5.31. The van der Waals surface area contributed by atoms with Gasteiger partial charge in [-0.05, 0) is 50.5 Å². The third-order valence-corrected chi connectivity index (χ3v) is 5.81. The predicted octanol–water partition coefficient (Wildman–Crippen LogP) is 3.54. The van der Waals surface area contributed by atoms with Gasteiger partial charge in [-0.25, -0.2) is 0 Å². The Bertz CT molecular complexity index is 895. The number of piperidine rings is 1. The lowest BCUT2D eigenvalue weighted by molar-refractivity contribution is -0.122. The van der Waals surface area contributed by atoms with Gasteiger partial charge in [-0.2, -0.15) is 0 Å². The molecule has 1 aliphatic heterocycles. The fourth-order valence-corrected chi connectivity index (χ4v) is 4.03. The van der Waals surface area contributed by atoms with Crippen molar-refractivity contribution in [2.24, 2.45) is 0 Å². The number of amides is 2. The summed E-state index contributed by atoms with van der Waals surface area (Å²) in [7, 11) is 0. The fraction of sp³-hybridized carbons (Fsp3) is 0.435. The first-order valence-corrected chi connectivity index (χ1v) is 11.3. The van der Waals surface area contributed by atoms with Crippen LogP contribution in [0.3, 0.4) is 0 Å². The molecule has 1 saturated heterocycles. The van der Waals surface area contributed by atoms with Crippen molar-refractivity contribution in [2.75, 3.05) is 26.2 Å². The number of benzene rings is 1. The smallest absolute Gasteiger partial charge is 0.253 e. The molecule has 1 fully saturated rings. The van der Waals surface area contributed by atoms with E-state index >= 15 is 0 Å². The molecular formula is C23H29BrN4O2. The van der Waals surface area contributed by atoms with Gasteiger partial charge in [-0.3, -0.25) is 19.5 Å². The normalized spacial score (nSPS) is 15.0. The van der Waals surface area contributed by atoms with Crippen LogP contribution in [-0.2, 0) is 4.79 Å². The summed E-state index contributed by atoms with van der Waals surface area (Å²) < 4.78 is 0.996. The number of nitrogens with zero attached hydrogens (tertiary/aromatic N) is 2. The minimum atomic E-state index is -0.0834. The maximum atomic E-state index is 12.8. The molecule has 2 amide bonds. The van der Waals surface area contributed by atoms with Crippen LogP contribution in [0.15, 0.2) is 40.9 Å². The molecule has 0 atom stereocenters. The fourth-order valence-electron chi connectivity index (χ4n) is 3.63. The molecule has 1 aromatic carbocycles. The van der Waals surface area contributed by atoms with Crippen LogP contribution in [0.4, 0.5) is 0 Å². The summed E-state index contributed by atoms with van der Waals surface area (Å²) in [5, 5.41) is 6.05. The highest BCUT2D eigenvalue weighted by Gasteiger charge is 2.23. The zero-order chi connectivity index (χ0) is 21.5. The molecule has 7 heteroatoms. The summed E-state index contributed by atoms with van der Waals surface area (Å²) in [5.41, 5.74) is 3.18. The van der Waals surface area contributed by atoms with Gasteiger partial charge in [0.2, 0.25) is 5.91 Å². The molecule has 0 radical (unpaired) electrons. The first-order valence-electron chi connectivity index (χ1n) is 10.5. The van der Waals surface area contributed by atoms with Crippen molar-refractivity contribution in [1.29, 1.82) is 0 Å². The van der Waals surface area contributed by atoms with E-state index in [1.807, 2.05) is 50.2 Å². The number of rotatable bonds is 7. The molecule has 30 heavy (non-hydrogen) atoms. The van der Waals surface area contributed by atoms with Gasteiger partial charge in [0, 0.05) is 35.7 Å². The lowest BCUT2D eigenvalue weighted by Crippen LogP contribution is -2.47. The van der Waals surface area contributed by atoms with Crippen LogP contribution >= 0.6 is 15.9 Å². The molecule has 160 valence electrons. The van der Waals surface area contributed by atoms with E-state index < -0.39 is 0 Å². The minimum Gasteiger partial charge on any atom is -0.355 e. The van der Waals surface area contributed by atoms with E-state index in [1.165, 1.54) is 0 Å². The van der Waals surface area contributed by atoms with Gasteiger partial charge in [0.05, 0.1) is 23.5 Å². The molecular weight excluding hydrogens is 444 g/mol. The number of nitrogens with one attached hydrogen (secondary N) is 2. The molecule has 2 aromatic rings. The standard InChI is InChI=1S/C23H29BrN4O2/c1-3-11-25-22(29)15-28-12-9-19(10-13-28)27-23(30)20-7-8-21(26-16(20)2)17-5-4-6-18(24)14-17/h4-8,14,19H,3,9-13,15H2,1-2H3,(H,25,29)(H,27,30). The van der Waals surface area contributed by atoms with Gasteiger partial charge in [0.15, 0.2) is 0 Å². The van der Waals surface area contributed by atoms with Gasteiger partial charge >= 0.3 is 0 Å². The van der Waals surface area contributed by atoms with Crippen molar-refractivity contribution < 1.29 is 9.59 Å². The molecule has 2 heterocycles. The molecule has 3 rings (SSSR count). The molecule has 6 nitrogen and oxygen atoms in total. The largest absolute Gasteiger partial charge is 0.355 e. The zero-order valence-corrected chi connectivity index (χ0v) is 19.2. The van der Waals surface area contributed by atoms with Crippen LogP contribution in [0.5, 0.6) is 0 Å². The first-order chi connectivity index (χ1) is 14.5. The number of pyridine rings is 1. The van der Waals surface area contributed by atoms with Crippen molar-refractivity contribution in [3.63, 3.8) is 0 Å². The van der Waals surface area contributed by atoms with E-state index in [0.717, 1.165) is 60.3 Å². The van der Waals surface area contributed by atoms with Crippen LogP contribution in [-0.4, -0.2) is 53.9 Å². The molecule has 1 aliphatic rings. The van der Waals surface area contributed by atoms with Gasteiger partial charge in [-0.15, -0.1) is 0 Å². The number of carbonyl (C=O) groups is 2. The number of hydrogen-bond acceptors (Lipinski definition) is 4. The first kappa shape index (κ1) is 22.4. The Hall–Kier alpha value is -2.25. The molecule has 0 spiro atoms. The molecule has 2 N–H and O–H groups in total. The average Bonchev–Trinajstić information content (AvgIpc) is 2.73. The zero-order valence-electron chi connectivity index (χ0n) is 17.6. The number of aryl methyl sites for hydroxylation is 1. The van der Waals surface area contributed by atoms with Crippen molar-refractivity contribution in [3.8, 4) is 11.3 Å². The Labute approximate surface area is 186 Å². The quantitative estimate of drug-likeness (QED) is 0.645. The summed E-state index contributed by atoms with van der Waals surface area (Å²) in [5.74, 6) is -0.00787. The second-order valence-electron chi connectivity index (χ2n) is 7.71. The summed E-state index contributed by atoms with van der Waals surface area (Å²) in [6.07, 6.45) is 2.63. The highest BCUT2D eigenvalue weighted by Crippen LogP contribution is 2.22. The van der Waals surface area contributed by atoms with Crippen molar-refractivity contribution >= 4 is 27.7 Å². The molecule has 0 unspecified atom stereocenters. The number of hydrogen-bond donors (Lipinski definition) is 2. The van der Waals surface area contributed by atoms with E-state index in [0.29, 0.717) is 12.1 Å². The van der Waals surface area contributed by atoms with E-state index in [4.69, 9.17) is 0 Å². The monoisotopic (exact) mass is 472 g/mol. The summed E-state index contributed by atoms with van der Waals surface area (Å²) in [4.78, 5) is 31.4. The van der Waals surface area contributed by atoms with Gasteiger partial charge in [0.1, 0.15) is 0 Å². The van der Waals surface area contributed by atoms with E-state index in [-0.39, 0.29) is 17.9 Å². The maximum absolute atomic E-state index is 12.8. The molecule has 0 aliphatic carbocycles. The predicted molar refractivity (Wildman–Crippen MR) is 122 cm³/mol. The van der Waals surface area contributed by atoms with Crippen molar-refractivity contribution in [3.05, 3.63) is 52.1 Å². The lowest BCUT2D eigenvalue weighted by atomic mass is 10.0. The third kappa shape index (κ3) is 6.12. The Balaban J connectivity index is 1.53.